The maximum Gasteiger partial charge on any atom is 0.303 e. The Kier molecular flexibility index (Phi) is 32.8. The summed E-state index contributed by atoms with van der Waals surface area (Å²) in [5.74, 6) is -12.7. The van der Waals surface area contributed by atoms with Crippen molar-refractivity contribution in [2.24, 2.45) is 59.2 Å². The molecule has 0 saturated carbocycles. The predicted octanol–water partition coefficient (Wildman–Crippen LogP) is 5.83. The van der Waals surface area contributed by atoms with E-state index in [0.29, 0.717) is 0 Å². The summed E-state index contributed by atoms with van der Waals surface area (Å²) in [4.78, 5) is 181. The Bertz CT molecular complexity index is 2370. The van der Waals surface area contributed by atoms with Gasteiger partial charge in [0.1, 0.15) is 30.2 Å². The average Bonchev–Trinajstić information content (AvgIpc) is 1.19. The number of ketones is 3. The molecule has 3 N–H and O–H groups in total. The standard InChI is InChI=1S/C65H114N8O14/c1-24-45-33-53(76)57(58(80)42(14)26-25-27-55(78)79)73(23)65(87)56(41(12)13)72(22)64(86)50(31-39(8)9)71(21)63(85)49(30-38(6)7)70(20)60(82)44(16)66-59(81)43(15)32-51(74)48(29-37(4)5)69(19)62(84)46(40(10)11)34-52(75)47(28-36(2)3)68(18)54(77)35-67(17)61(45)83/h36-50,56-58,80H,24-35H2,1-23H3,(H,66,81)(H,78,79)/t42-,43-,44-,45-,46+,47+,48+,49+,50+,56+,57-,58-/m1/s1. The number of hydrogen-bond donors (Lipinski definition) is 3. The topological polar surface area (TPSA) is 280 Å². The van der Waals surface area contributed by atoms with Crippen LogP contribution in [-0.4, -0.2) is 219 Å². The zero-order valence-electron chi connectivity index (χ0n) is 57.3. The van der Waals surface area contributed by atoms with Gasteiger partial charge in [0.15, 0.2) is 17.3 Å². The number of hydrogen-bond acceptors (Lipinski definition) is 13. The van der Waals surface area contributed by atoms with Gasteiger partial charge in [-0.15, -0.1) is 0 Å². The Morgan fingerprint density at radius 2 is 0.931 bits per heavy atom. The van der Waals surface area contributed by atoms with Crippen LogP contribution in [0, 0.1) is 59.2 Å². The van der Waals surface area contributed by atoms with E-state index in [9.17, 15) is 58.2 Å². The van der Waals surface area contributed by atoms with Gasteiger partial charge in [0.25, 0.3) is 0 Å². The van der Waals surface area contributed by atoms with Crippen LogP contribution in [0.3, 0.4) is 0 Å². The van der Waals surface area contributed by atoms with Gasteiger partial charge in [-0.2, -0.15) is 0 Å². The van der Waals surface area contributed by atoms with Gasteiger partial charge in [0, 0.05) is 92.8 Å². The van der Waals surface area contributed by atoms with E-state index < -0.39 is 167 Å². The van der Waals surface area contributed by atoms with Gasteiger partial charge < -0.3 is 49.8 Å². The number of aliphatic hydroxyl groups is 1. The first kappa shape index (κ1) is 79.2. The highest BCUT2D eigenvalue weighted by molar-refractivity contribution is 5.99. The number of nitrogens with one attached hydrogen (secondary N) is 1. The number of carboxylic acid groups (broad SMARTS) is 1. The van der Waals surface area contributed by atoms with Gasteiger partial charge in [-0.05, 0) is 93.3 Å². The van der Waals surface area contributed by atoms with E-state index in [0.717, 1.165) is 9.80 Å². The van der Waals surface area contributed by atoms with Crippen molar-refractivity contribution < 1.29 is 67.7 Å². The largest absolute Gasteiger partial charge is 0.481 e. The van der Waals surface area contributed by atoms with Gasteiger partial charge in [0.2, 0.25) is 47.3 Å². The van der Waals surface area contributed by atoms with E-state index in [4.69, 9.17) is 0 Å². The first-order chi connectivity index (χ1) is 40.1. The lowest BCUT2D eigenvalue weighted by molar-refractivity contribution is -0.157. The van der Waals surface area contributed by atoms with Crippen molar-refractivity contribution in [1.82, 2.24) is 39.6 Å². The quantitative estimate of drug-likeness (QED) is 0.155. The molecule has 1 saturated heterocycles. The van der Waals surface area contributed by atoms with E-state index in [1.54, 1.807) is 48.5 Å². The van der Waals surface area contributed by atoms with Crippen molar-refractivity contribution in [2.75, 3.05) is 55.9 Å². The molecular formula is C65H114N8O14. The molecule has 1 aliphatic rings. The molecule has 12 atom stereocenters. The summed E-state index contributed by atoms with van der Waals surface area (Å²) < 4.78 is 0. The van der Waals surface area contributed by atoms with Crippen LogP contribution in [0.5, 0.6) is 0 Å². The third kappa shape index (κ3) is 22.9. The molecule has 0 spiro atoms. The second kappa shape index (κ2) is 36.0. The summed E-state index contributed by atoms with van der Waals surface area (Å²) in [6.45, 7) is 27.8. The highest BCUT2D eigenvalue weighted by Crippen LogP contribution is 2.29. The van der Waals surface area contributed by atoms with Crippen LogP contribution in [0.4, 0.5) is 0 Å². The smallest absolute Gasteiger partial charge is 0.303 e. The SMILES string of the molecule is CC[C@@H]1CC(=O)[C@H]([C@H](O)[C@H](C)CCCC(=O)O)N(C)C(=O)[C@H](C(C)C)N(C)C(=O)[C@H](CC(C)C)N(C)C(=O)[C@H](CC(C)C)N(C)C(=O)[C@@H](C)NC(=O)[C@H](C)CC(=O)[C@H](CC(C)C)N(C)C(=O)[C@H](C(C)C)CC(=O)[C@H](CC(C)C)N(C)C(=O)CN(C)C1=O. The van der Waals surface area contributed by atoms with Crippen molar-refractivity contribution in [3.05, 3.63) is 0 Å². The molecule has 0 aromatic rings. The zero-order chi connectivity index (χ0) is 67.6. The first-order valence-corrected chi connectivity index (χ1v) is 31.7. The van der Waals surface area contributed by atoms with Crippen molar-refractivity contribution in [1.29, 1.82) is 0 Å². The molecule has 87 heavy (non-hydrogen) atoms. The van der Waals surface area contributed by atoms with Crippen molar-refractivity contribution in [2.45, 2.75) is 230 Å². The Morgan fingerprint density at radius 1 is 0.506 bits per heavy atom. The number of likely N-dealkylation sites (N-methyl/N-ethyl adjacent to an activating group) is 7. The summed E-state index contributed by atoms with van der Waals surface area (Å²) in [6.07, 6.45) is -1.76. The number of Topliss-reactive ketones (excluding diaryl/α,β-unsaturated/α-hetero) is 3. The van der Waals surface area contributed by atoms with Gasteiger partial charge in [-0.1, -0.05) is 104 Å². The van der Waals surface area contributed by atoms with Crippen LogP contribution in [0.1, 0.15) is 181 Å². The summed E-state index contributed by atoms with van der Waals surface area (Å²) in [5, 5.41) is 24.3. The van der Waals surface area contributed by atoms with Crippen molar-refractivity contribution in [3.8, 4) is 0 Å². The highest BCUT2D eigenvalue weighted by Gasteiger charge is 2.46. The lowest BCUT2D eigenvalue weighted by Crippen LogP contribution is -2.61. The van der Waals surface area contributed by atoms with Crippen LogP contribution in [0.25, 0.3) is 0 Å². The normalized spacial score (nSPS) is 26.7. The lowest BCUT2D eigenvalue weighted by atomic mass is 9.84. The van der Waals surface area contributed by atoms with E-state index in [1.807, 2.05) is 55.4 Å². The number of carboxylic acids is 1. The number of amides is 8. The first-order valence-electron chi connectivity index (χ1n) is 31.7. The molecule has 1 heterocycles. The molecule has 1 aliphatic heterocycles. The molecule has 22 nitrogen and oxygen atoms in total. The maximum absolute atomic E-state index is 15.2. The average molecular weight is 1230 g/mol. The second-order valence-electron chi connectivity index (χ2n) is 27.5. The monoisotopic (exact) mass is 1230 g/mol. The molecule has 0 aliphatic carbocycles. The van der Waals surface area contributed by atoms with E-state index in [2.05, 4.69) is 5.32 Å². The summed E-state index contributed by atoms with van der Waals surface area (Å²) >= 11 is 0. The van der Waals surface area contributed by atoms with Crippen LogP contribution in [0.2, 0.25) is 0 Å². The summed E-state index contributed by atoms with van der Waals surface area (Å²) in [5.41, 5.74) is 0. The number of aliphatic carboxylic acids is 1. The predicted molar refractivity (Wildman–Crippen MR) is 334 cm³/mol. The lowest BCUT2D eigenvalue weighted by Gasteiger charge is -2.41. The van der Waals surface area contributed by atoms with Crippen LogP contribution in [-0.2, 0) is 57.5 Å². The highest BCUT2D eigenvalue weighted by atomic mass is 16.4. The van der Waals surface area contributed by atoms with E-state index in [-0.39, 0.29) is 87.9 Å². The second-order valence-corrected chi connectivity index (χ2v) is 27.5. The number of carbonyl (C=O) groups is 12. The van der Waals surface area contributed by atoms with Gasteiger partial charge in [0.05, 0.1) is 24.7 Å². The van der Waals surface area contributed by atoms with E-state index >= 15 is 9.59 Å². The molecule has 0 aromatic carbocycles. The van der Waals surface area contributed by atoms with Crippen molar-refractivity contribution in [3.63, 3.8) is 0 Å². The Morgan fingerprint density at radius 3 is 1.38 bits per heavy atom. The molecule has 0 radical (unpaired) electrons. The molecule has 0 bridgehead atoms. The molecule has 0 aromatic heterocycles. The van der Waals surface area contributed by atoms with Crippen LogP contribution >= 0.6 is 0 Å². The zero-order valence-corrected chi connectivity index (χ0v) is 57.3. The fourth-order valence-corrected chi connectivity index (χ4v) is 11.8. The Labute approximate surface area is 520 Å². The molecule has 22 heteroatoms. The fraction of sp³-hybridized carbons (Fsp3) is 0.815. The minimum atomic E-state index is -1.61. The Hall–Kier alpha value is -5.80. The van der Waals surface area contributed by atoms with Gasteiger partial charge in [-0.3, -0.25) is 57.5 Å². The molecular weight excluding hydrogens is 1120 g/mol. The third-order valence-corrected chi connectivity index (χ3v) is 17.4. The maximum atomic E-state index is 15.2. The number of aliphatic hydroxyl groups excluding tert-OH is 1. The molecule has 1 rings (SSSR count). The van der Waals surface area contributed by atoms with Crippen LogP contribution < -0.4 is 5.32 Å². The molecule has 1 fully saturated rings. The fourth-order valence-electron chi connectivity index (χ4n) is 11.8. The molecule has 498 valence electrons. The minimum Gasteiger partial charge on any atom is -0.481 e. The third-order valence-electron chi connectivity index (χ3n) is 17.4. The minimum absolute atomic E-state index is 0.0788. The molecule has 0 unspecified atom stereocenters. The van der Waals surface area contributed by atoms with Crippen molar-refractivity contribution >= 4 is 70.6 Å². The Balaban J connectivity index is 4.34. The number of carbonyl (C=O) groups excluding carboxylic acids is 11. The number of nitrogens with zero attached hydrogens (tertiary/aromatic N) is 7. The van der Waals surface area contributed by atoms with Gasteiger partial charge in [-0.25, -0.2) is 0 Å². The number of rotatable bonds is 17. The summed E-state index contributed by atoms with van der Waals surface area (Å²) in [7, 11) is 10.0. The van der Waals surface area contributed by atoms with E-state index in [1.165, 1.54) is 80.8 Å². The summed E-state index contributed by atoms with van der Waals surface area (Å²) in [6, 6.07) is -8.42. The van der Waals surface area contributed by atoms with Crippen LogP contribution in [0.15, 0.2) is 0 Å². The molecule has 8 amide bonds. The van der Waals surface area contributed by atoms with Gasteiger partial charge >= 0.3 is 5.97 Å².